The lowest BCUT2D eigenvalue weighted by atomic mass is 10.00. The van der Waals surface area contributed by atoms with E-state index in [9.17, 15) is 0 Å². The number of imidazole rings is 3. The maximum atomic E-state index is 4.61. The summed E-state index contributed by atoms with van der Waals surface area (Å²) < 4.78 is 6.35. The lowest BCUT2D eigenvalue weighted by Gasteiger charge is -2.11. The van der Waals surface area contributed by atoms with Crippen LogP contribution in [0.25, 0.3) is 50.7 Å². The molecular formula is C27H18N6. The summed E-state index contributed by atoms with van der Waals surface area (Å²) >= 11 is 0. The van der Waals surface area contributed by atoms with Crippen molar-refractivity contribution in [2.75, 3.05) is 0 Å². The summed E-state index contributed by atoms with van der Waals surface area (Å²) in [6.45, 7) is 0. The van der Waals surface area contributed by atoms with Crippen molar-refractivity contribution in [2.45, 2.75) is 0 Å². The van der Waals surface area contributed by atoms with Gasteiger partial charge in [0, 0.05) is 35.3 Å². The van der Waals surface area contributed by atoms with E-state index in [0.717, 1.165) is 50.7 Å². The van der Waals surface area contributed by atoms with Crippen molar-refractivity contribution in [3.63, 3.8) is 0 Å². The van der Waals surface area contributed by atoms with E-state index in [0.29, 0.717) is 0 Å². The number of pyridine rings is 3. The number of aromatic nitrogens is 6. The Morgan fingerprint density at radius 3 is 1.09 bits per heavy atom. The van der Waals surface area contributed by atoms with Crippen LogP contribution in [0.5, 0.6) is 0 Å². The first-order valence-corrected chi connectivity index (χ1v) is 10.8. The quantitative estimate of drug-likeness (QED) is 0.368. The summed E-state index contributed by atoms with van der Waals surface area (Å²) in [4.78, 5) is 13.8. The highest BCUT2D eigenvalue weighted by molar-refractivity contribution is 5.80. The topological polar surface area (TPSA) is 51.9 Å². The van der Waals surface area contributed by atoms with E-state index in [-0.39, 0.29) is 0 Å². The van der Waals surface area contributed by atoms with Crippen molar-refractivity contribution in [3.8, 4) is 33.8 Å². The number of hydrogen-bond acceptors (Lipinski definition) is 3. The maximum absolute atomic E-state index is 4.61. The van der Waals surface area contributed by atoms with Crippen molar-refractivity contribution in [2.24, 2.45) is 0 Å². The van der Waals surface area contributed by atoms with Gasteiger partial charge in [-0.1, -0.05) is 18.2 Å². The minimum atomic E-state index is 0.920. The van der Waals surface area contributed by atoms with Crippen molar-refractivity contribution < 1.29 is 0 Å². The number of hydrogen-bond donors (Lipinski definition) is 0. The molecule has 7 rings (SSSR count). The largest absolute Gasteiger partial charge is 0.300 e. The predicted molar refractivity (Wildman–Crippen MR) is 129 cm³/mol. The molecule has 0 saturated carbocycles. The Morgan fingerprint density at radius 1 is 0.424 bits per heavy atom. The lowest BCUT2D eigenvalue weighted by Crippen LogP contribution is -1.93. The normalized spacial score (nSPS) is 11.6. The van der Waals surface area contributed by atoms with Crippen LogP contribution in [0.2, 0.25) is 0 Å². The average Bonchev–Trinajstić information content (AvgIpc) is 3.60. The van der Waals surface area contributed by atoms with E-state index >= 15 is 0 Å². The van der Waals surface area contributed by atoms with Crippen LogP contribution in [0.4, 0.5) is 0 Å². The Labute approximate surface area is 189 Å². The molecular weight excluding hydrogens is 408 g/mol. The van der Waals surface area contributed by atoms with Crippen LogP contribution in [-0.4, -0.2) is 28.2 Å². The van der Waals surface area contributed by atoms with Crippen LogP contribution < -0.4 is 0 Å². The van der Waals surface area contributed by atoms with Gasteiger partial charge in [0.25, 0.3) is 0 Å². The Hall–Kier alpha value is -4.71. The molecule has 33 heavy (non-hydrogen) atoms. The van der Waals surface area contributed by atoms with E-state index in [1.807, 2.05) is 91.8 Å². The van der Waals surface area contributed by atoms with Crippen molar-refractivity contribution >= 4 is 16.9 Å². The zero-order valence-electron chi connectivity index (χ0n) is 17.6. The molecule has 0 radical (unpaired) electrons. The molecule has 0 spiro atoms. The third-order valence-corrected chi connectivity index (χ3v) is 6.07. The van der Waals surface area contributed by atoms with Gasteiger partial charge in [0.1, 0.15) is 16.9 Å². The Morgan fingerprint density at radius 2 is 0.758 bits per heavy atom. The van der Waals surface area contributed by atoms with Gasteiger partial charge in [0.2, 0.25) is 0 Å². The van der Waals surface area contributed by atoms with E-state index in [2.05, 4.69) is 46.4 Å². The fourth-order valence-corrected chi connectivity index (χ4v) is 4.51. The molecule has 7 aromatic rings. The number of benzene rings is 1. The molecule has 6 nitrogen and oxygen atoms in total. The predicted octanol–water partition coefficient (Wildman–Crippen LogP) is 5.63. The summed E-state index contributed by atoms with van der Waals surface area (Å²) in [6.07, 6.45) is 11.9. The molecule has 0 N–H and O–H groups in total. The minimum Gasteiger partial charge on any atom is -0.300 e. The third kappa shape index (κ3) is 2.78. The summed E-state index contributed by atoms with van der Waals surface area (Å²) in [7, 11) is 0. The SMILES string of the molecule is c1ccn2c(-c3cc(-c4cnc5ccccn45)cc(-c4cnc5ccccn45)c3)cnc2c1. The molecule has 6 heterocycles. The van der Waals surface area contributed by atoms with Gasteiger partial charge in [-0.2, -0.15) is 0 Å². The van der Waals surface area contributed by atoms with Gasteiger partial charge in [-0.05, 0) is 54.6 Å². The number of nitrogens with zero attached hydrogens (tertiary/aromatic N) is 6. The molecule has 156 valence electrons. The molecule has 6 heteroatoms. The second-order valence-corrected chi connectivity index (χ2v) is 8.02. The molecule has 6 aromatic heterocycles. The Kier molecular flexibility index (Phi) is 3.75. The smallest absolute Gasteiger partial charge is 0.137 e. The van der Waals surface area contributed by atoms with Gasteiger partial charge >= 0.3 is 0 Å². The molecule has 0 amide bonds. The second kappa shape index (κ2) is 6.90. The van der Waals surface area contributed by atoms with Gasteiger partial charge in [-0.3, -0.25) is 13.2 Å². The van der Waals surface area contributed by atoms with Crippen molar-refractivity contribution in [1.29, 1.82) is 0 Å². The zero-order chi connectivity index (χ0) is 21.8. The Balaban J connectivity index is 1.52. The molecule has 0 atom stereocenters. The van der Waals surface area contributed by atoms with Crippen molar-refractivity contribution in [3.05, 3.63) is 110 Å². The zero-order valence-corrected chi connectivity index (χ0v) is 17.6. The van der Waals surface area contributed by atoms with E-state index in [4.69, 9.17) is 0 Å². The molecule has 0 bridgehead atoms. The molecule has 0 aliphatic rings. The molecule has 0 aliphatic heterocycles. The fourth-order valence-electron chi connectivity index (χ4n) is 4.51. The molecule has 0 fully saturated rings. The highest BCUT2D eigenvalue weighted by atomic mass is 15.0. The average molecular weight is 426 g/mol. The van der Waals surface area contributed by atoms with Gasteiger partial charge in [-0.15, -0.1) is 0 Å². The van der Waals surface area contributed by atoms with Crippen molar-refractivity contribution in [1.82, 2.24) is 28.2 Å². The van der Waals surface area contributed by atoms with E-state index < -0.39 is 0 Å². The fraction of sp³-hybridized carbons (Fsp3) is 0. The first-order valence-electron chi connectivity index (χ1n) is 10.8. The van der Waals surface area contributed by atoms with Crippen LogP contribution in [0.3, 0.4) is 0 Å². The summed E-state index contributed by atoms with van der Waals surface area (Å²) in [5, 5.41) is 0. The molecule has 1 aromatic carbocycles. The molecule has 0 unspecified atom stereocenters. The van der Waals surface area contributed by atoms with Crippen LogP contribution in [0.15, 0.2) is 110 Å². The van der Waals surface area contributed by atoms with Gasteiger partial charge in [0.05, 0.1) is 35.7 Å². The van der Waals surface area contributed by atoms with Crippen LogP contribution >= 0.6 is 0 Å². The number of fused-ring (bicyclic) bond motifs is 3. The van der Waals surface area contributed by atoms with Crippen LogP contribution in [0, 0.1) is 0 Å². The maximum Gasteiger partial charge on any atom is 0.137 e. The van der Waals surface area contributed by atoms with Crippen LogP contribution in [-0.2, 0) is 0 Å². The molecule has 0 aliphatic carbocycles. The van der Waals surface area contributed by atoms with Gasteiger partial charge < -0.3 is 0 Å². The second-order valence-electron chi connectivity index (χ2n) is 8.02. The highest BCUT2D eigenvalue weighted by Crippen LogP contribution is 2.33. The summed E-state index contributed by atoms with van der Waals surface area (Å²) in [5.74, 6) is 0. The van der Waals surface area contributed by atoms with Crippen LogP contribution in [0.1, 0.15) is 0 Å². The van der Waals surface area contributed by atoms with E-state index in [1.165, 1.54) is 0 Å². The Bertz CT molecular complexity index is 1560. The minimum absolute atomic E-state index is 0.920. The van der Waals surface area contributed by atoms with E-state index in [1.54, 1.807) is 0 Å². The van der Waals surface area contributed by atoms with Gasteiger partial charge in [0.15, 0.2) is 0 Å². The number of rotatable bonds is 3. The standard InChI is InChI=1S/C27H18N6/c1-4-10-31-22(16-28-25(31)7-1)19-13-20(23-17-29-26-8-2-5-11-32(23)26)15-21(14-19)24-18-30-27-9-3-6-12-33(24)27/h1-18H. The lowest BCUT2D eigenvalue weighted by molar-refractivity contribution is 1.18. The first-order chi connectivity index (χ1) is 16.3. The first kappa shape index (κ1) is 17.9. The summed E-state index contributed by atoms with van der Waals surface area (Å²) in [5.41, 5.74) is 9.12. The molecule has 0 saturated heterocycles. The monoisotopic (exact) mass is 426 g/mol. The highest BCUT2D eigenvalue weighted by Gasteiger charge is 2.15. The third-order valence-electron chi connectivity index (χ3n) is 6.07. The summed E-state index contributed by atoms with van der Waals surface area (Å²) in [6, 6.07) is 24.8. The van der Waals surface area contributed by atoms with Gasteiger partial charge in [-0.25, -0.2) is 15.0 Å².